The lowest BCUT2D eigenvalue weighted by molar-refractivity contribution is -0.128. The predicted octanol–water partition coefficient (Wildman–Crippen LogP) is 3.39. The van der Waals surface area contributed by atoms with Gasteiger partial charge in [0, 0.05) is 6.08 Å². The molecule has 0 bridgehead atoms. The Morgan fingerprint density at radius 1 is 1.12 bits per heavy atom. The fourth-order valence-electron chi connectivity index (χ4n) is 2.31. The molecule has 3 rings (SSSR count). The summed E-state index contributed by atoms with van der Waals surface area (Å²) in [7, 11) is 1.56. The van der Waals surface area contributed by atoms with Gasteiger partial charge in [0.2, 0.25) is 5.75 Å². The fraction of sp³-hybridized carbons (Fsp3) is 0.211. The fourth-order valence-corrected chi connectivity index (χ4v) is 2.31. The quantitative estimate of drug-likeness (QED) is 0.490. The zero-order valence-electron chi connectivity index (χ0n) is 13.6. The first kappa shape index (κ1) is 15.9. The molecule has 1 aliphatic rings. The highest BCUT2D eigenvalue weighted by Gasteiger charge is 2.17. The minimum Gasteiger partial charge on any atom is -0.493 e. The maximum absolute atomic E-state index is 11.9. The van der Waals surface area contributed by atoms with Crippen LogP contribution in [0.2, 0.25) is 0 Å². The number of ether oxygens (including phenoxy) is 4. The first-order valence-electron chi connectivity index (χ1n) is 7.60. The van der Waals surface area contributed by atoms with E-state index in [0.29, 0.717) is 36.2 Å². The number of hydrogen-bond donors (Lipinski definition) is 0. The van der Waals surface area contributed by atoms with E-state index in [1.165, 1.54) is 6.08 Å². The van der Waals surface area contributed by atoms with Crippen LogP contribution in [0.5, 0.6) is 23.0 Å². The Morgan fingerprint density at radius 3 is 2.62 bits per heavy atom. The van der Waals surface area contributed by atoms with E-state index < -0.39 is 5.97 Å². The van der Waals surface area contributed by atoms with Crippen molar-refractivity contribution in [2.75, 3.05) is 20.3 Å². The minimum atomic E-state index is -0.451. The number of esters is 1. The number of carbonyl (C=O) groups excluding carboxylic acids is 1. The average molecular weight is 326 g/mol. The van der Waals surface area contributed by atoms with E-state index in [1.807, 2.05) is 19.1 Å². The molecule has 2 aromatic carbocycles. The third kappa shape index (κ3) is 3.68. The van der Waals surface area contributed by atoms with Crippen LogP contribution in [0.15, 0.2) is 42.5 Å². The van der Waals surface area contributed by atoms with Gasteiger partial charge in [0.1, 0.15) is 19.0 Å². The zero-order chi connectivity index (χ0) is 16.9. The monoisotopic (exact) mass is 326 g/mol. The second-order valence-corrected chi connectivity index (χ2v) is 5.31. The van der Waals surface area contributed by atoms with Crippen LogP contribution in [0.1, 0.15) is 11.1 Å². The summed E-state index contributed by atoms with van der Waals surface area (Å²) in [4.78, 5) is 11.9. The maximum atomic E-state index is 11.9. The lowest BCUT2D eigenvalue weighted by Crippen LogP contribution is -2.16. The van der Waals surface area contributed by atoms with Gasteiger partial charge in [-0.2, -0.15) is 0 Å². The summed E-state index contributed by atoms with van der Waals surface area (Å²) in [6.45, 7) is 2.95. The van der Waals surface area contributed by atoms with E-state index in [-0.39, 0.29) is 0 Å². The van der Waals surface area contributed by atoms with Crippen molar-refractivity contribution in [2.45, 2.75) is 6.92 Å². The van der Waals surface area contributed by atoms with Gasteiger partial charge in [-0.15, -0.1) is 0 Å². The number of hydrogen-bond acceptors (Lipinski definition) is 5. The molecule has 0 amide bonds. The van der Waals surface area contributed by atoms with Crippen LogP contribution in [0.4, 0.5) is 0 Å². The highest BCUT2D eigenvalue weighted by molar-refractivity contribution is 5.89. The Kier molecular flexibility index (Phi) is 4.70. The molecular formula is C19H18O5. The molecule has 124 valence electrons. The molecule has 0 aromatic heterocycles. The lowest BCUT2D eigenvalue weighted by Gasteiger charge is -2.20. The van der Waals surface area contributed by atoms with E-state index in [0.717, 1.165) is 11.1 Å². The number of carbonyl (C=O) groups is 1. The molecular weight excluding hydrogens is 308 g/mol. The van der Waals surface area contributed by atoms with Gasteiger partial charge in [-0.3, -0.25) is 0 Å². The van der Waals surface area contributed by atoms with Crippen LogP contribution in [-0.2, 0) is 4.79 Å². The van der Waals surface area contributed by atoms with Gasteiger partial charge in [0.25, 0.3) is 0 Å². The molecule has 0 radical (unpaired) electrons. The second kappa shape index (κ2) is 7.08. The van der Waals surface area contributed by atoms with Crippen LogP contribution >= 0.6 is 0 Å². The van der Waals surface area contributed by atoms with Crippen molar-refractivity contribution in [1.82, 2.24) is 0 Å². The predicted molar refractivity (Wildman–Crippen MR) is 89.8 cm³/mol. The summed E-state index contributed by atoms with van der Waals surface area (Å²) in [6, 6.07) is 10.9. The standard InChI is InChI=1S/C19H18O5/c1-13-3-6-15(7-4-13)24-18(20)8-5-14-11-16(21-2)19-17(12-14)22-9-10-23-19/h3-8,11-12H,9-10H2,1-2H3/b8-5+. The minimum absolute atomic E-state index is 0.451. The van der Waals surface area contributed by atoms with Crippen LogP contribution in [-0.4, -0.2) is 26.3 Å². The smallest absolute Gasteiger partial charge is 0.336 e. The van der Waals surface area contributed by atoms with Gasteiger partial charge in [-0.05, 0) is 42.8 Å². The summed E-state index contributed by atoms with van der Waals surface area (Å²) < 4.78 is 21.7. The van der Waals surface area contributed by atoms with Crippen LogP contribution in [0.25, 0.3) is 6.08 Å². The molecule has 2 aromatic rings. The van der Waals surface area contributed by atoms with Gasteiger partial charge in [-0.1, -0.05) is 17.7 Å². The molecule has 0 aliphatic carbocycles. The van der Waals surface area contributed by atoms with Crippen LogP contribution in [0.3, 0.4) is 0 Å². The zero-order valence-corrected chi connectivity index (χ0v) is 13.6. The second-order valence-electron chi connectivity index (χ2n) is 5.31. The Bertz CT molecular complexity index is 745. The van der Waals surface area contributed by atoms with Crippen LogP contribution in [0, 0.1) is 6.92 Å². The molecule has 0 N–H and O–H groups in total. The molecule has 5 nitrogen and oxygen atoms in total. The average Bonchev–Trinajstić information content (AvgIpc) is 2.61. The van der Waals surface area contributed by atoms with E-state index in [4.69, 9.17) is 18.9 Å². The van der Waals surface area contributed by atoms with E-state index in [1.54, 1.807) is 37.5 Å². The number of aryl methyl sites for hydroxylation is 1. The third-order valence-electron chi connectivity index (χ3n) is 3.50. The molecule has 0 saturated heterocycles. The Balaban J connectivity index is 1.73. The lowest BCUT2D eigenvalue weighted by atomic mass is 10.1. The molecule has 0 saturated carbocycles. The third-order valence-corrected chi connectivity index (χ3v) is 3.50. The van der Waals surface area contributed by atoms with Crippen molar-refractivity contribution >= 4 is 12.0 Å². The first-order valence-corrected chi connectivity index (χ1v) is 7.60. The normalized spacial score (nSPS) is 12.9. The largest absolute Gasteiger partial charge is 0.493 e. The highest BCUT2D eigenvalue weighted by Crippen LogP contribution is 2.40. The number of fused-ring (bicyclic) bond motifs is 1. The number of rotatable bonds is 4. The summed E-state index contributed by atoms with van der Waals surface area (Å²) in [6.07, 6.45) is 3.02. The van der Waals surface area contributed by atoms with Crippen molar-refractivity contribution in [2.24, 2.45) is 0 Å². The van der Waals surface area contributed by atoms with Crippen LogP contribution < -0.4 is 18.9 Å². The van der Waals surface area contributed by atoms with Gasteiger partial charge >= 0.3 is 5.97 Å². The summed E-state index contributed by atoms with van der Waals surface area (Å²) in [5.74, 6) is 1.82. The molecule has 24 heavy (non-hydrogen) atoms. The Morgan fingerprint density at radius 2 is 1.88 bits per heavy atom. The maximum Gasteiger partial charge on any atom is 0.336 e. The summed E-state index contributed by atoms with van der Waals surface area (Å²) >= 11 is 0. The van der Waals surface area contributed by atoms with Crippen molar-refractivity contribution in [3.63, 3.8) is 0 Å². The van der Waals surface area contributed by atoms with E-state index >= 15 is 0 Å². The molecule has 0 unspecified atom stereocenters. The molecule has 1 heterocycles. The highest BCUT2D eigenvalue weighted by atomic mass is 16.6. The summed E-state index contributed by atoms with van der Waals surface area (Å²) in [5.41, 5.74) is 1.87. The molecule has 1 aliphatic heterocycles. The van der Waals surface area contributed by atoms with E-state index in [9.17, 15) is 4.79 Å². The van der Waals surface area contributed by atoms with E-state index in [2.05, 4.69) is 0 Å². The number of benzene rings is 2. The van der Waals surface area contributed by atoms with Gasteiger partial charge in [-0.25, -0.2) is 4.79 Å². The summed E-state index contributed by atoms with van der Waals surface area (Å²) in [5, 5.41) is 0. The van der Waals surface area contributed by atoms with Crippen molar-refractivity contribution in [3.05, 3.63) is 53.6 Å². The molecule has 0 atom stereocenters. The van der Waals surface area contributed by atoms with Crippen molar-refractivity contribution < 1.29 is 23.7 Å². The van der Waals surface area contributed by atoms with Gasteiger partial charge in [0.05, 0.1) is 7.11 Å². The molecule has 0 spiro atoms. The topological polar surface area (TPSA) is 54.0 Å². The van der Waals surface area contributed by atoms with Gasteiger partial charge in [0.15, 0.2) is 11.5 Å². The Hall–Kier alpha value is -2.95. The molecule has 0 fully saturated rings. The van der Waals surface area contributed by atoms with Crippen molar-refractivity contribution in [3.8, 4) is 23.0 Å². The van der Waals surface area contributed by atoms with Gasteiger partial charge < -0.3 is 18.9 Å². The molecule has 5 heteroatoms. The SMILES string of the molecule is COc1cc(/C=C/C(=O)Oc2ccc(C)cc2)cc2c1OCCO2. The number of methoxy groups -OCH3 is 1. The van der Waals surface area contributed by atoms with Crippen molar-refractivity contribution in [1.29, 1.82) is 0 Å². The first-order chi connectivity index (χ1) is 11.7. The Labute approximate surface area is 140 Å².